The van der Waals surface area contributed by atoms with Crippen LogP contribution in [0.25, 0.3) is 0 Å². The predicted molar refractivity (Wildman–Crippen MR) is 72.0 cm³/mol. The van der Waals surface area contributed by atoms with E-state index in [-0.39, 0.29) is 5.97 Å². The van der Waals surface area contributed by atoms with Crippen LogP contribution >= 0.6 is 0 Å². The summed E-state index contributed by atoms with van der Waals surface area (Å²) < 4.78 is 4.75. The number of piperazine rings is 1. The molecule has 0 aromatic heterocycles. The van der Waals surface area contributed by atoms with Crippen molar-refractivity contribution in [3.63, 3.8) is 0 Å². The van der Waals surface area contributed by atoms with E-state index in [0.717, 1.165) is 37.4 Å². The number of nitrogens with zero attached hydrogens (tertiary/aromatic N) is 1. The van der Waals surface area contributed by atoms with Crippen molar-refractivity contribution in [2.45, 2.75) is 6.92 Å². The lowest BCUT2D eigenvalue weighted by molar-refractivity contribution is 0.0601. The number of ether oxygens (including phenoxy) is 1. The molecule has 0 bridgehead atoms. The van der Waals surface area contributed by atoms with Gasteiger partial charge in [-0.05, 0) is 24.6 Å². The highest BCUT2D eigenvalue weighted by Gasteiger charge is 2.17. The van der Waals surface area contributed by atoms with Crippen LogP contribution in [0.2, 0.25) is 0 Å². The van der Waals surface area contributed by atoms with Crippen molar-refractivity contribution in [2.75, 3.05) is 43.9 Å². The molecule has 5 heteroatoms. The van der Waals surface area contributed by atoms with Gasteiger partial charge in [0.25, 0.3) is 0 Å². The fraction of sp³-hybridized carbons (Fsp3) is 0.462. The molecule has 5 nitrogen and oxygen atoms in total. The lowest BCUT2D eigenvalue weighted by Gasteiger charge is -2.31. The number of hydrogen-bond donors (Lipinski definition) is 2. The molecule has 98 valence electrons. The lowest BCUT2D eigenvalue weighted by atomic mass is 10.1. The van der Waals surface area contributed by atoms with Gasteiger partial charge < -0.3 is 20.7 Å². The molecule has 1 aliphatic heterocycles. The molecule has 0 radical (unpaired) electrons. The van der Waals surface area contributed by atoms with E-state index in [2.05, 4.69) is 10.2 Å². The summed E-state index contributed by atoms with van der Waals surface area (Å²) in [7, 11) is 1.38. The van der Waals surface area contributed by atoms with Gasteiger partial charge >= 0.3 is 5.97 Å². The molecule has 3 N–H and O–H groups in total. The van der Waals surface area contributed by atoms with Crippen molar-refractivity contribution in [1.29, 1.82) is 0 Å². The van der Waals surface area contributed by atoms with Crippen LogP contribution in [0.1, 0.15) is 15.9 Å². The second-order valence-electron chi connectivity index (χ2n) is 4.44. The fourth-order valence-corrected chi connectivity index (χ4v) is 2.19. The van der Waals surface area contributed by atoms with Crippen LogP contribution in [-0.2, 0) is 4.74 Å². The summed E-state index contributed by atoms with van der Waals surface area (Å²) in [6.45, 7) is 5.72. The van der Waals surface area contributed by atoms with E-state index in [0.29, 0.717) is 11.3 Å². The van der Waals surface area contributed by atoms with E-state index in [1.165, 1.54) is 7.11 Å². The second-order valence-corrected chi connectivity index (χ2v) is 4.44. The number of anilines is 2. The van der Waals surface area contributed by atoms with Crippen LogP contribution in [0.3, 0.4) is 0 Å². The summed E-state index contributed by atoms with van der Waals surface area (Å²) in [5, 5.41) is 3.30. The van der Waals surface area contributed by atoms with Crippen molar-refractivity contribution in [2.24, 2.45) is 0 Å². The highest BCUT2D eigenvalue weighted by atomic mass is 16.5. The summed E-state index contributed by atoms with van der Waals surface area (Å²) in [4.78, 5) is 13.8. The Bertz CT molecular complexity index is 454. The third-order valence-corrected chi connectivity index (χ3v) is 3.30. The molecule has 2 rings (SSSR count). The van der Waals surface area contributed by atoms with Gasteiger partial charge in [-0.25, -0.2) is 4.79 Å². The number of hydrogen-bond acceptors (Lipinski definition) is 5. The molecule has 18 heavy (non-hydrogen) atoms. The maximum atomic E-state index is 11.6. The zero-order chi connectivity index (χ0) is 13.1. The van der Waals surface area contributed by atoms with Crippen molar-refractivity contribution in [3.8, 4) is 0 Å². The van der Waals surface area contributed by atoms with Gasteiger partial charge in [-0.15, -0.1) is 0 Å². The Hall–Kier alpha value is -1.75. The number of benzene rings is 1. The van der Waals surface area contributed by atoms with Crippen LogP contribution in [0.15, 0.2) is 12.1 Å². The van der Waals surface area contributed by atoms with Gasteiger partial charge in [0.15, 0.2) is 0 Å². The Balaban J connectivity index is 2.38. The monoisotopic (exact) mass is 249 g/mol. The van der Waals surface area contributed by atoms with Crippen LogP contribution in [0, 0.1) is 6.92 Å². The molecule has 1 heterocycles. The van der Waals surface area contributed by atoms with E-state index in [4.69, 9.17) is 10.5 Å². The Morgan fingerprint density at radius 3 is 2.67 bits per heavy atom. The molecule has 1 fully saturated rings. The first kappa shape index (κ1) is 12.7. The number of nitrogens with two attached hydrogens (primary N) is 1. The van der Waals surface area contributed by atoms with Gasteiger partial charge in [0.05, 0.1) is 12.7 Å². The van der Waals surface area contributed by atoms with E-state index in [9.17, 15) is 4.79 Å². The third kappa shape index (κ3) is 2.41. The zero-order valence-electron chi connectivity index (χ0n) is 10.8. The zero-order valence-corrected chi connectivity index (χ0v) is 10.8. The molecule has 0 aliphatic carbocycles. The lowest BCUT2D eigenvalue weighted by Crippen LogP contribution is -2.43. The molecule has 1 aliphatic rings. The molecule has 0 amide bonds. The standard InChI is InChI=1S/C13H19N3O2/c1-9-11(14)7-10(13(17)18-2)8-12(9)16-5-3-15-4-6-16/h7-8,15H,3-6,14H2,1-2H3. The number of methoxy groups -OCH3 is 1. The largest absolute Gasteiger partial charge is 0.465 e. The third-order valence-electron chi connectivity index (χ3n) is 3.30. The molecule has 1 aromatic rings. The summed E-state index contributed by atoms with van der Waals surface area (Å²) >= 11 is 0. The van der Waals surface area contributed by atoms with E-state index < -0.39 is 0 Å². The number of esters is 1. The maximum absolute atomic E-state index is 11.6. The van der Waals surface area contributed by atoms with Crippen molar-refractivity contribution in [1.82, 2.24) is 5.32 Å². The minimum Gasteiger partial charge on any atom is -0.465 e. The van der Waals surface area contributed by atoms with Gasteiger partial charge in [-0.3, -0.25) is 0 Å². The quantitative estimate of drug-likeness (QED) is 0.598. The number of carbonyl (C=O) groups excluding carboxylic acids is 1. The first-order valence-corrected chi connectivity index (χ1v) is 6.07. The summed E-state index contributed by atoms with van der Waals surface area (Å²) in [5.74, 6) is -0.349. The van der Waals surface area contributed by atoms with Gasteiger partial charge in [-0.2, -0.15) is 0 Å². The van der Waals surface area contributed by atoms with Crippen LogP contribution in [0.4, 0.5) is 11.4 Å². The Morgan fingerprint density at radius 1 is 1.39 bits per heavy atom. The fourth-order valence-electron chi connectivity index (χ4n) is 2.19. The number of nitrogens with one attached hydrogen (secondary N) is 1. The van der Waals surface area contributed by atoms with Gasteiger partial charge in [0.2, 0.25) is 0 Å². The smallest absolute Gasteiger partial charge is 0.337 e. The Kier molecular flexibility index (Phi) is 3.72. The molecular weight excluding hydrogens is 230 g/mol. The molecule has 0 saturated carbocycles. The predicted octanol–water partition coefficient (Wildman–Crippen LogP) is 0.773. The van der Waals surface area contributed by atoms with Crippen molar-refractivity contribution >= 4 is 17.3 Å². The highest BCUT2D eigenvalue weighted by Crippen LogP contribution is 2.27. The van der Waals surface area contributed by atoms with E-state index >= 15 is 0 Å². The van der Waals surface area contributed by atoms with Crippen LogP contribution in [-0.4, -0.2) is 39.3 Å². The molecule has 1 saturated heterocycles. The average molecular weight is 249 g/mol. The number of rotatable bonds is 2. The van der Waals surface area contributed by atoms with Crippen LogP contribution < -0.4 is 16.0 Å². The normalized spacial score (nSPS) is 15.6. The van der Waals surface area contributed by atoms with Gasteiger partial charge in [0.1, 0.15) is 0 Å². The molecule has 0 spiro atoms. The maximum Gasteiger partial charge on any atom is 0.337 e. The van der Waals surface area contributed by atoms with Crippen molar-refractivity contribution in [3.05, 3.63) is 23.3 Å². The molecular formula is C13H19N3O2. The van der Waals surface area contributed by atoms with E-state index in [1.807, 2.05) is 13.0 Å². The van der Waals surface area contributed by atoms with Gasteiger partial charge in [0, 0.05) is 37.6 Å². The topological polar surface area (TPSA) is 67.6 Å². The summed E-state index contributed by atoms with van der Waals surface area (Å²) in [6.07, 6.45) is 0. The summed E-state index contributed by atoms with van der Waals surface area (Å²) in [5.41, 5.74) is 9.15. The first-order valence-electron chi connectivity index (χ1n) is 6.07. The summed E-state index contributed by atoms with van der Waals surface area (Å²) in [6, 6.07) is 3.54. The Labute approximate surface area is 107 Å². The van der Waals surface area contributed by atoms with E-state index in [1.54, 1.807) is 6.07 Å². The van der Waals surface area contributed by atoms with Gasteiger partial charge in [-0.1, -0.05) is 0 Å². The van der Waals surface area contributed by atoms with Crippen molar-refractivity contribution < 1.29 is 9.53 Å². The number of nitrogen functional groups attached to an aromatic ring is 1. The Morgan fingerprint density at radius 2 is 2.06 bits per heavy atom. The minimum absolute atomic E-state index is 0.349. The average Bonchev–Trinajstić information content (AvgIpc) is 2.41. The SMILES string of the molecule is COC(=O)c1cc(N)c(C)c(N2CCNCC2)c1. The molecule has 0 unspecified atom stereocenters. The molecule has 1 aromatic carbocycles. The molecule has 0 atom stereocenters. The minimum atomic E-state index is -0.349. The first-order chi connectivity index (χ1) is 8.63. The van der Waals surface area contributed by atoms with Crippen LogP contribution in [0.5, 0.6) is 0 Å². The number of carbonyl (C=O) groups is 1. The second kappa shape index (κ2) is 5.27. The highest BCUT2D eigenvalue weighted by molar-refractivity contribution is 5.92.